The van der Waals surface area contributed by atoms with Crippen molar-refractivity contribution in [2.45, 2.75) is 25.5 Å². The van der Waals surface area contributed by atoms with Gasteiger partial charge >= 0.3 is 0 Å². The average molecular weight is 262 g/mol. The Morgan fingerprint density at radius 3 is 3.11 bits per heavy atom. The summed E-state index contributed by atoms with van der Waals surface area (Å²) in [5.41, 5.74) is 1.65. The second kappa shape index (κ2) is 5.19. The van der Waals surface area contributed by atoms with Crippen molar-refractivity contribution in [1.29, 1.82) is 0 Å². The highest BCUT2D eigenvalue weighted by atomic mass is 16.5. The molecule has 0 amide bonds. The van der Waals surface area contributed by atoms with Crippen LogP contribution in [0.1, 0.15) is 13.3 Å². The predicted molar refractivity (Wildman–Crippen MR) is 72.3 cm³/mol. The van der Waals surface area contributed by atoms with Crippen LogP contribution >= 0.6 is 0 Å². The Kier molecular flexibility index (Phi) is 3.40. The Morgan fingerprint density at radius 1 is 1.47 bits per heavy atom. The number of benzene rings is 1. The monoisotopic (exact) mass is 262 g/mol. The van der Waals surface area contributed by atoms with E-state index in [2.05, 4.69) is 9.88 Å². The first kappa shape index (κ1) is 12.4. The van der Waals surface area contributed by atoms with Gasteiger partial charge < -0.3 is 19.2 Å². The van der Waals surface area contributed by atoms with Crippen molar-refractivity contribution in [3.63, 3.8) is 0 Å². The highest BCUT2D eigenvalue weighted by molar-refractivity contribution is 5.74. The summed E-state index contributed by atoms with van der Waals surface area (Å²) in [4.78, 5) is 6.61. The Bertz CT molecular complexity index is 519. The van der Waals surface area contributed by atoms with Crippen LogP contribution in [-0.2, 0) is 4.74 Å². The van der Waals surface area contributed by atoms with Crippen molar-refractivity contribution in [3.8, 4) is 0 Å². The fourth-order valence-corrected chi connectivity index (χ4v) is 2.48. The number of aromatic nitrogens is 1. The molecular formula is C14H18N2O3. The molecule has 1 aromatic carbocycles. The van der Waals surface area contributed by atoms with Crippen LogP contribution in [0.2, 0.25) is 0 Å². The summed E-state index contributed by atoms with van der Waals surface area (Å²) in [7, 11) is 0. The molecule has 1 N–H and O–H groups in total. The lowest BCUT2D eigenvalue weighted by Gasteiger charge is -2.35. The van der Waals surface area contributed by atoms with Crippen LogP contribution in [0.3, 0.4) is 0 Å². The molecular weight excluding hydrogens is 244 g/mol. The molecule has 102 valence electrons. The van der Waals surface area contributed by atoms with Gasteiger partial charge in [-0.05, 0) is 25.5 Å². The zero-order valence-electron chi connectivity index (χ0n) is 11.0. The van der Waals surface area contributed by atoms with Crippen LogP contribution in [0.15, 0.2) is 28.7 Å². The molecule has 5 nitrogen and oxygen atoms in total. The maximum Gasteiger partial charge on any atom is 0.298 e. The van der Waals surface area contributed by atoms with Gasteiger partial charge in [-0.15, -0.1) is 0 Å². The van der Waals surface area contributed by atoms with E-state index >= 15 is 0 Å². The van der Waals surface area contributed by atoms with Gasteiger partial charge in [0.2, 0.25) is 0 Å². The minimum absolute atomic E-state index is 0.113. The first-order valence-electron chi connectivity index (χ1n) is 6.62. The van der Waals surface area contributed by atoms with Gasteiger partial charge in [-0.2, -0.15) is 4.98 Å². The molecule has 1 aliphatic heterocycles. The van der Waals surface area contributed by atoms with Crippen LogP contribution in [0, 0.1) is 0 Å². The SMILES string of the molecule is CC(O)CC1COCCN1c1nc2ccccc2o1. The van der Waals surface area contributed by atoms with Crippen molar-refractivity contribution in [3.05, 3.63) is 24.3 Å². The van der Waals surface area contributed by atoms with E-state index in [-0.39, 0.29) is 12.1 Å². The van der Waals surface area contributed by atoms with Crippen molar-refractivity contribution in [1.82, 2.24) is 4.98 Å². The normalized spacial score (nSPS) is 21.8. The smallest absolute Gasteiger partial charge is 0.298 e. The first-order valence-corrected chi connectivity index (χ1v) is 6.62. The number of rotatable bonds is 3. The number of para-hydroxylation sites is 2. The molecule has 0 spiro atoms. The number of ether oxygens (including phenoxy) is 1. The van der Waals surface area contributed by atoms with E-state index in [1.165, 1.54) is 0 Å². The van der Waals surface area contributed by atoms with Gasteiger partial charge in [0.25, 0.3) is 6.01 Å². The van der Waals surface area contributed by atoms with Gasteiger partial charge in [0, 0.05) is 6.54 Å². The third kappa shape index (κ3) is 2.57. The van der Waals surface area contributed by atoms with Crippen LogP contribution in [0.4, 0.5) is 6.01 Å². The summed E-state index contributed by atoms with van der Waals surface area (Å²) < 4.78 is 11.3. The minimum Gasteiger partial charge on any atom is -0.423 e. The topological polar surface area (TPSA) is 58.7 Å². The molecule has 0 saturated carbocycles. The Morgan fingerprint density at radius 2 is 2.32 bits per heavy atom. The highest BCUT2D eigenvalue weighted by Crippen LogP contribution is 2.25. The third-order valence-electron chi connectivity index (χ3n) is 3.37. The largest absolute Gasteiger partial charge is 0.423 e. The van der Waals surface area contributed by atoms with E-state index in [0.29, 0.717) is 25.6 Å². The Labute approximate surface area is 111 Å². The number of aliphatic hydroxyl groups excluding tert-OH is 1. The summed E-state index contributed by atoms with van der Waals surface area (Å²) in [5, 5.41) is 9.58. The maximum atomic E-state index is 9.58. The van der Waals surface area contributed by atoms with Gasteiger partial charge in [-0.3, -0.25) is 0 Å². The molecule has 2 atom stereocenters. The van der Waals surface area contributed by atoms with E-state index in [1.54, 1.807) is 6.92 Å². The second-order valence-corrected chi connectivity index (χ2v) is 4.97. The quantitative estimate of drug-likeness (QED) is 0.914. The number of oxazole rings is 1. The van der Waals surface area contributed by atoms with Gasteiger partial charge in [0.15, 0.2) is 5.58 Å². The number of nitrogens with zero attached hydrogens (tertiary/aromatic N) is 2. The van der Waals surface area contributed by atoms with E-state index in [1.807, 2.05) is 24.3 Å². The zero-order chi connectivity index (χ0) is 13.2. The number of morpholine rings is 1. The second-order valence-electron chi connectivity index (χ2n) is 4.97. The number of fused-ring (bicyclic) bond motifs is 1. The molecule has 2 heterocycles. The summed E-state index contributed by atoms with van der Waals surface area (Å²) in [6.07, 6.45) is 0.289. The maximum absolute atomic E-state index is 9.58. The number of hydrogen-bond acceptors (Lipinski definition) is 5. The molecule has 0 aliphatic carbocycles. The van der Waals surface area contributed by atoms with Crippen molar-refractivity contribution in [2.75, 3.05) is 24.7 Å². The lowest BCUT2D eigenvalue weighted by atomic mass is 10.1. The molecule has 1 aliphatic rings. The van der Waals surface area contributed by atoms with Gasteiger partial charge in [0.05, 0.1) is 25.4 Å². The standard InChI is InChI=1S/C14H18N2O3/c1-10(17)8-11-9-18-7-6-16(11)14-15-12-4-2-3-5-13(12)19-14/h2-5,10-11,17H,6-9H2,1H3. The number of hydrogen-bond donors (Lipinski definition) is 1. The first-order chi connectivity index (χ1) is 9.24. The molecule has 0 bridgehead atoms. The van der Waals surface area contributed by atoms with Crippen LogP contribution in [0.5, 0.6) is 0 Å². The van der Waals surface area contributed by atoms with Crippen molar-refractivity contribution in [2.24, 2.45) is 0 Å². The van der Waals surface area contributed by atoms with E-state index in [4.69, 9.17) is 9.15 Å². The molecule has 2 aromatic rings. The lowest BCUT2D eigenvalue weighted by Crippen LogP contribution is -2.47. The average Bonchev–Trinajstić information content (AvgIpc) is 2.82. The van der Waals surface area contributed by atoms with Gasteiger partial charge in [0.1, 0.15) is 5.52 Å². The zero-order valence-corrected chi connectivity index (χ0v) is 11.0. The predicted octanol–water partition coefficient (Wildman–Crippen LogP) is 1.80. The molecule has 0 radical (unpaired) electrons. The molecule has 19 heavy (non-hydrogen) atoms. The molecule has 5 heteroatoms. The Balaban J connectivity index is 1.89. The summed E-state index contributed by atoms with van der Waals surface area (Å²) in [6, 6.07) is 8.46. The molecule has 2 unspecified atom stereocenters. The van der Waals surface area contributed by atoms with Crippen LogP contribution in [0.25, 0.3) is 11.1 Å². The molecule has 1 aromatic heterocycles. The van der Waals surface area contributed by atoms with Gasteiger partial charge in [-0.1, -0.05) is 12.1 Å². The fourth-order valence-electron chi connectivity index (χ4n) is 2.48. The van der Waals surface area contributed by atoms with Crippen LogP contribution in [-0.4, -0.2) is 42.0 Å². The lowest BCUT2D eigenvalue weighted by molar-refractivity contribution is 0.0698. The molecule has 3 rings (SSSR count). The van der Waals surface area contributed by atoms with Crippen molar-refractivity contribution < 1.29 is 14.3 Å². The summed E-state index contributed by atoms with van der Waals surface area (Å²) in [6.45, 7) is 3.79. The number of aliphatic hydroxyl groups is 1. The summed E-state index contributed by atoms with van der Waals surface area (Å²) in [5.74, 6) is 0. The highest BCUT2D eigenvalue weighted by Gasteiger charge is 2.27. The third-order valence-corrected chi connectivity index (χ3v) is 3.37. The fraction of sp³-hybridized carbons (Fsp3) is 0.500. The molecule has 1 fully saturated rings. The van der Waals surface area contributed by atoms with Crippen LogP contribution < -0.4 is 4.90 Å². The van der Waals surface area contributed by atoms with E-state index < -0.39 is 0 Å². The van der Waals surface area contributed by atoms with E-state index in [9.17, 15) is 5.11 Å². The summed E-state index contributed by atoms with van der Waals surface area (Å²) >= 11 is 0. The molecule has 1 saturated heterocycles. The van der Waals surface area contributed by atoms with Gasteiger partial charge in [-0.25, -0.2) is 0 Å². The minimum atomic E-state index is -0.362. The number of anilines is 1. The van der Waals surface area contributed by atoms with E-state index in [0.717, 1.165) is 17.6 Å². The van der Waals surface area contributed by atoms with Crippen molar-refractivity contribution >= 4 is 17.1 Å². The Hall–Kier alpha value is -1.59.